The molecular formula is C12H17NO3. The Morgan fingerprint density at radius 3 is 2.00 bits per heavy atom. The second-order valence-corrected chi connectivity index (χ2v) is 5.50. The van der Waals surface area contributed by atoms with Crippen molar-refractivity contribution in [1.29, 1.82) is 0 Å². The zero-order valence-corrected chi connectivity index (χ0v) is 9.19. The summed E-state index contributed by atoms with van der Waals surface area (Å²) in [6.07, 6.45) is 5.45. The van der Waals surface area contributed by atoms with Gasteiger partial charge in [0.05, 0.1) is 11.8 Å². The molecule has 3 saturated carbocycles. The zero-order chi connectivity index (χ0) is 11.3. The Labute approximate surface area is 94.4 Å². The van der Waals surface area contributed by atoms with E-state index in [-0.39, 0.29) is 11.8 Å². The van der Waals surface area contributed by atoms with E-state index in [1.165, 1.54) is 25.7 Å². The average molecular weight is 223 g/mol. The van der Waals surface area contributed by atoms with Gasteiger partial charge in [-0.1, -0.05) is 0 Å². The molecule has 2 N–H and O–H groups in total. The maximum absolute atomic E-state index is 11.8. The third-order valence-electron chi connectivity index (χ3n) is 4.01. The minimum atomic E-state index is -0.824. The highest BCUT2D eigenvalue weighted by molar-refractivity contribution is 5.89. The number of rotatable bonds is 5. The van der Waals surface area contributed by atoms with Gasteiger partial charge in [-0.3, -0.25) is 9.59 Å². The fourth-order valence-electron chi connectivity index (χ4n) is 2.56. The summed E-state index contributed by atoms with van der Waals surface area (Å²) in [6.45, 7) is 0. The Morgan fingerprint density at radius 1 is 1.06 bits per heavy atom. The third kappa shape index (κ3) is 1.93. The molecule has 0 spiro atoms. The van der Waals surface area contributed by atoms with Crippen LogP contribution in [-0.2, 0) is 9.59 Å². The smallest absolute Gasteiger partial charge is 0.307 e. The highest BCUT2D eigenvalue weighted by Crippen LogP contribution is 2.45. The first-order valence-corrected chi connectivity index (χ1v) is 6.20. The Kier molecular flexibility index (Phi) is 2.19. The molecule has 3 aliphatic rings. The maximum Gasteiger partial charge on any atom is 0.307 e. The quantitative estimate of drug-likeness (QED) is 0.731. The van der Waals surface area contributed by atoms with E-state index in [0.717, 1.165) is 0 Å². The second kappa shape index (κ2) is 3.47. The summed E-state index contributed by atoms with van der Waals surface area (Å²) in [4.78, 5) is 22.5. The van der Waals surface area contributed by atoms with Gasteiger partial charge in [0.1, 0.15) is 0 Å². The Morgan fingerprint density at radius 2 is 1.62 bits per heavy atom. The van der Waals surface area contributed by atoms with Gasteiger partial charge in [0.15, 0.2) is 0 Å². The number of aliphatic carboxylic acids is 1. The van der Waals surface area contributed by atoms with Crippen molar-refractivity contribution in [3.05, 3.63) is 0 Å². The first-order chi connectivity index (χ1) is 7.66. The predicted octanol–water partition coefficient (Wildman–Crippen LogP) is 1.01. The Bertz CT molecular complexity index is 321. The fourth-order valence-corrected chi connectivity index (χ4v) is 2.56. The van der Waals surface area contributed by atoms with Crippen LogP contribution in [0.15, 0.2) is 0 Å². The van der Waals surface area contributed by atoms with E-state index >= 15 is 0 Å². The number of hydrogen-bond acceptors (Lipinski definition) is 2. The monoisotopic (exact) mass is 223 g/mol. The van der Waals surface area contributed by atoms with E-state index in [0.29, 0.717) is 24.3 Å². The normalized spacial score (nSPS) is 32.6. The predicted molar refractivity (Wildman–Crippen MR) is 56.6 cm³/mol. The van der Waals surface area contributed by atoms with Gasteiger partial charge in [0.25, 0.3) is 0 Å². The minimum Gasteiger partial charge on any atom is -0.481 e. The lowest BCUT2D eigenvalue weighted by molar-refractivity contribution is -0.140. The van der Waals surface area contributed by atoms with Crippen molar-refractivity contribution in [1.82, 2.24) is 5.32 Å². The first-order valence-electron chi connectivity index (χ1n) is 6.20. The molecule has 0 saturated heterocycles. The number of carbonyl (C=O) groups excluding carboxylic acids is 1. The lowest BCUT2D eigenvalue weighted by Gasteiger charge is -2.17. The third-order valence-corrected chi connectivity index (χ3v) is 4.01. The van der Waals surface area contributed by atoms with Crippen LogP contribution < -0.4 is 5.32 Å². The van der Waals surface area contributed by atoms with Crippen LogP contribution in [-0.4, -0.2) is 23.0 Å². The van der Waals surface area contributed by atoms with Crippen LogP contribution >= 0.6 is 0 Å². The molecule has 0 heterocycles. The lowest BCUT2D eigenvalue weighted by atomic mass is 10.1. The van der Waals surface area contributed by atoms with Gasteiger partial charge in [-0.15, -0.1) is 0 Å². The Hall–Kier alpha value is -1.06. The van der Waals surface area contributed by atoms with Crippen molar-refractivity contribution in [3.8, 4) is 0 Å². The van der Waals surface area contributed by atoms with Crippen LogP contribution in [0.3, 0.4) is 0 Å². The van der Waals surface area contributed by atoms with Gasteiger partial charge in [-0.2, -0.15) is 0 Å². The molecule has 3 aliphatic carbocycles. The second-order valence-electron chi connectivity index (χ2n) is 5.50. The van der Waals surface area contributed by atoms with Crippen LogP contribution in [0.1, 0.15) is 32.1 Å². The van der Waals surface area contributed by atoms with Crippen LogP contribution in [0.2, 0.25) is 0 Å². The van der Waals surface area contributed by atoms with Crippen molar-refractivity contribution in [3.63, 3.8) is 0 Å². The standard InChI is InChI=1S/C12H17NO3/c14-11(8-5-9(8)12(15)16)13-10(6-1-2-6)7-3-4-7/h6-10H,1-5H2,(H,13,14)(H,15,16). The highest BCUT2D eigenvalue weighted by atomic mass is 16.4. The topological polar surface area (TPSA) is 66.4 Å². The molecule has 4 nitrogen and oxygen atoms in total. The largest absolute Gasteiger partial charge is 0.481 e. The number of nitrogens with one attached hydrogen (secondary N) is 1. The van der Waals surface area contributed by atoms with Gasteiger partial charge in [-0.25, -0.2) is 0 Å². The van der Waals surface area contributed by atoms with Crippen molar-refractivity contribution in [2.75, 3.05) is 0 Å². The summed E-state index contributed by atoms with van der Waals surface area (Å²) in [5.41, 5.74) is 0. The van der Waals surface area contributed by atoms with E-state index < -0.39 is 11.9 Å². The van der Waals surface area contributed by atoms with Crippen molar-refractivity contribution >= 4 is 11.9 Å². The molecule has 88 valence electrons. The van der Waals surface area contributed by atoms with Crippen molar-refractivity contribution in [2.45, 2.75) is 38.1 Å². The summed E-state index contributed by atoms with van der Waals surface area (Å²) < 4.78 is 0. The lowest BCUT2D eigenvalue weighted by Crippen LogP contribution is -2.39. The molecule has 3 fully saturated rings. The van der Waals surface area contributed by atoms with Gasteiger partial charge in [0.2, 0.25) is 5.91 Å². The molecule has 2 unspecified atom stereocenters. The molecule has 0 aromatic heterocycles. The van der Waals surface area contributed by atoms with Gasteiger partial charge >= 0.3 is 5.97 Å². The molecule has 0 aromatic carbocycles. The minimum absolute atomic E-state index is 0.0174. The van der Waals surface area contributed by atoms with Crippen LogP contribution in [0.25, 0.3) is 0 Å². The average Bonchev–Trinajstić information content (AvgIpc) is 3.16. The van der Waals surface area contributed by atoms with E-state index in [1.807, 2.05) is 0 Å². The molecule has 2 atom stereocenters. The number of carboxylic acid groups (broad SMARTS) is 1. The molecule has 0 bridgehead atoms. The molecule has 4 heteroatoms. The summed E-state index contributed by atoms with van der Waals surface area (Å²) in [5, 5.41) is 11.9. The number of carboxylic acids is 1. The van der Waals surface area contributed by atoms with Gasteiger partial charge in [0, 0.05) is 6.04 Å². The van der Waals surface area contributed by atoms with E-state index in [2.05, 4.69) is 5.32 Å². The van der Waals surface area contributed by atoms with Crippen molar-refractivity contribution < 1.29 is 14.7 Å². The van der Waals surface area contributed by atoms with E-state index in [9.17, 15) is 9.59 Å². The summed E-state index contributed by atoms with van der Waals surface area (Å²) >= 11 is 0. The van der Waals surface area contributed by atoms with Crippen LogP contribution in [0, 0.1) is 23.7 Å². The maximum atomic E-state index is 11.8. The zero-order valence-electron chi connectivity index (χ0n) is 9.19. The van der Waals surface area contributed by atoms with E-state index in [4.69, 9.17) is 5.11 Å². The van der Waals surface area contributed by atoms with Crippen LogP contribution in [0.5, 0.6) is 0 Å². The summed E-state index contributed by atoms with van der Waals surface area (Å²) in [6, 6.07) is 0.350. The summed E-state index contributed by atoms with van der Waals surface area (Å²) in [5.74, 6) is -0.153. The number of carbonyl (C=O) groups is 2. The van der Waals surface area contributed by atoms with Crippen molar-refractivity contribution in [2.24, 2.45) is 23.7 Å². The number of hydrogen-bond donors (Lipinski definition) is 2. The molecule has 0 radical (unpaired) electrons. The molecule has 3 rings (SSSR count). The Balaban J connectivity index is 1.53. The van der Waals surface area contributed by atoms with Crippen LogP contribution in [0.4, 0.5) is 0 Å². The molecule has 16 heavy (non-hydrogen) atoms. The highest BCUT2D eigenvalue weighted by Gasteiger charge is 2.50. The molecule has 0 aliphatic heterocycles. The SMILES string of the molecule is O=C(O)C1CC1C(=O)NC(C1CC1)C1CC1. The first kappa shape index (κ1) is 10.1. The summed E-state index contributed by atoms with van der Waals surface area (Å²) in [7, 11) is 0. The fraction of sp³-hybridized carbons (Fsp3) is 0.833. The van der Waals surface area contributed by atoms with Gasteiger partial charge in [-0.05, 0) is 43.9 Å². The number of amides is 1. The van der Waals surface area contributed by atoms with Gasteiger partial charge < -0.3 is 10.4 Å². The van der Waals surface area contributed by atoms with E-state index in [1.54, 1.807) is 0 Å². The molecule has 0 aromatic rings. The molecule has 1 amide bonds. The molecular weight excluding hydrogens is 206 g/mol.